The summed E-state index contributed by atoms with van der Waals surface area (Å²) < 4.78 is 23.3. The number of carbonyl (C=O) groups excluding carboxylic acids is 1. The smallest absolute Gasteiger partial charge is 0.223 e. The molecule has 1 saturated heterocycles. The van der Waals surface area contributed by atoms with Crippen molar-refractivity contribution in [3.8, 4) is 10.6 Å². The quantitative estimate of drug-likeness (QED) is 0.775. The van der Waals surface area contributed by atoms with E-state index in [2.05, 4.69) is 4.98 Å². The van der Waals surface area contributed by atoms with Gasteiger partial charge >= 0.3 is 0 Å². The summed E-state index contributed by atoms with van der Waals surface area (Å²) >= 11 is 1.58. The number of aryl methyl sites for hydroxylation is 1. The Balaban J connectivity index is 1.59. The Hall–Kier alpha value is -1.73. The van der Waals surface area contributed by atoms with Crippen molar-refractivity contribution in [1.29, 1.82) is 0 Å². The Morgan fingerprint density at radius 1 is 1.32 bits per heavy atom. The van der Waals surface area contributed by atoms with Crippen LogP contribution in [0.5, 0.6) is 0 Å². The number of nitrogens with zero attached hydrogens (tertiary/aromatic N) is 2. The molecule has 0 spiro atoms. The molecule has 1 fully saturated rings. The molecule has 2 aromatic rings. The lowest BCUT2D eigenvalue weighted by Crippen LogP contribution is -2.41. The maximum absolute atomic E-state index is 12.5. The zero-order chi connectivity index (χ0) is 17.9. The summed E-state index contributed by atoms with van der Waals surface area (Å²) in [5.74, 6) is 0.300. The number of rotatable bonds is 6. The van der Waals surface area contributed by atoms with Crippen molar-refractivity contribution >= 4 is 27.1 Å². The Morgan fingerprint density at radius 3 is 2.72 bits per heavy atom. The number of aromatic nitrogens is 1. The lowest BCUT2D eigenvalue weighted by atomic mass is 10.1. The molecule has 0 aliphatic carbocycles. The third-order valence-corrected chi connectivity index (χ3v) is 7.17. The van der Waals surface area contributed by atoms with Crippen LogP contribution in [-0.4, -0.2) is 48.3 Å². The maximum Gasteiger partial charge on any atom is 0.223 e. The number of hydrogen-bond acceptors (Lipinski definition) is 5. The molecule has 7 heteroatoms. The van der Waals surface area contributed by atoms with Gasteiger partial charge in [-0.2, -0.15) is 0 Å². The summed E-state index contributed by atoms with van der Waals surface area (Å²) in [5.41, 5.74) is 1.99. The van der Waals surface area contributed by atoms with Crippen molar-refractivity contribution in [2.24, 2.45) is 0 Å². The van der Waals surface area contributed by atoms with Gasteiger partial charge in [0.25, 0.3) is 0 Å². The largest absolute Gasteiger partial charge is 0.339 e. The number of hydrogen-bond donors (Lipinski definition) is 0. The van der Waals surface area contributed by atoms with Gasteiger partial charge in [-0.15, -0.1) is 11.3 Å². The molecule has 1 aliphatic heterocycles. The molecule has 1 aromatic heterocycles. The summed E-state index contributed by atoms with van der Waals surface area (Å²) in [6.07, 6.45) is 1.50. The molecule has 134 valence electrons. The minimum atomic E-state index is -2.98. The first kappa shape index (κ1) is 18.1. The second-order valence-electron chi connectivity index (χ2n) is 6.25. The van der Waals surface area contributed by atoms with E-state index in [0.717, 1.165) is 16.3 Å². The molecule has 0 N–H and O–H groups in total. The monoisotopic (exact) mass is 378 g/mol. The molecule has 3 rings (SSSR count). The van der Waals surface area contributed by atoms with Crippen LogP contribution in [0.15, 0.2) is 35.7 Å². The van der Waals surface area contributed by atoms with Crippen LogP contribution in [0.25, 0.3) is 10.6 Å². The lowest BCUT2D eigenvalue weighted by molar-refractivity contribution is -0.132. The van der Waals surface area contributed by atoms with Gasteiger partial charge in [0.1, 0.15) is 5.01 Å². The van der Waals surface area contributed by atoms with E-state index in [1.165, 1.54) is 0 Å². The van der Waals surface area contributed by atoms with Gasteiger partial charge in [-0.25, -0.2) is 13.4 Å². The Bertz CT molecular complexity index is 831. The van der Waals surface area contributed by atoms with Crippen LogP contribution in [0, 0.1) is 0 Å². The van der Waals surface area contributed by atoms with Crippen LogP contribution >= 0.6 is 11.3 Å². The second-order valence-corrected chi connectivity index (χ2v) is 9.33. The highest BCUT2D eigenvalue weighted by Gasteiger charge is 2.33. The molecule has 1 amide bonds. The van der Waals surface area contributed by atoms with Gasteiger partial charge in [-0.3, -0.25) is 4.79 Å². The molecule has 2 heterocycles. The standard InChI is InChI=1S/C18H22N2O3S2/c1-2-20(16-10-11-25(22,23)13-16)17(21)9-8-15-12-24-18(19-15)14-6-4-3-5-7-14/h3-7,12,16H,2,8-11,13H2,1H3. The van der Waals surface area contributed by atoms with E-state index in [0.29, 0.717) is 25.8 Å². The average molecular weight is 379 g/mol. The van der Waals surface area contributed by atoms with Crippen molar-refractivity contribution < 1.29 is 13.2 Å². The van der Waals surface area contributed by atoms with Crippen LogP contribution in [0.1, 0.15) is 25.5 Å². The van der Waals surface area contributed by atoms with Crippen LogP contribution in [0.4, 0.5) is 0 Å². The highest BCUT2D eigenvalue weighted by Crippen LogP contribution is 2.24. The molecule has 1 unspecified atom stereocenters. The van der Waals surface area contributed by atoms with Crippen molar-refractivity contribution in [2.75, 3.05) is 18.1 Å². The summed E-state index contributed by atoms with van der Waals surface area (Å²) in [4.78, 5) is 18.9. The molecule has 5 nitrogen and oxygen atoms in total. The number of benzene rings is 1. The average Bonchev–Trinajstić information content (AvgIpc) is 3.21. The fraction of sp³-hybridized carbons (Fsp3) is 0.444. The van der Waals surface area contributed by atoms with Crippen LogP contribution < -0.4 is 0 Å². The van der Waals surface area contributed by atoms with Gasteiger partial charge in [0.2, 0.25) is 5.91 Å². The zero-order valence-corrected chi connectivity index (χ0v) is 15.9. The van der Waals surface area contributed by atoms with Crippen LogP contribution in [0.3, 0.4) is 0 Å². The summed E-state index contributed by atoms with van der Waals surface area (Å²) in [5, 5.41) is 2.95. The Morgan fingerprint density at radius 2 is 2.08 bits per heavy atom. The summed E-state index contributed by atoms with van der Waals surface area (Å²) in [7, 11) is -2.98. The van der Waals surface area contributed by atoms with Gasteiger partial charge in [-0.05, 0) is 19.8 Å². The van der Waals surface area contributed by atoms with E-state index in [1.54, 1.807) is 16.2 Å². The first-order valence-electron chi connectivity index (χ1n) is 8.48. The van der Waals surface area contributed by atoms with E-state index in [9.17, 15) is 13.2 Å². The number of thiazole rings is 1. The summed E-state index contributed by atoms with van der Waals surface area (Å²) in [6.45, 7) is 2.45. The second kappa shape index (κ2) is 7.66. The maximum atomic E-state index is 12.5. The molecule has 0 saturated carbocycles. The van der Waals surface area contributed by atoms with Gasteiger partial charge in [0.05, 0.1) is 17.2 Å². The minimum absolute atomic E-state index is 0.0128. The Kier molecular flexibility index (Phi) is 5.54. The number of sulfone groups is 1. The highest BCUT2D eigenvalue weighted by molar-refractivity contribution is 7.91. The predicted octanol–water partition coefficient (Wildman–Crippen LogP) is 2.78. The van der Waals surface area contributed by atoms with Crippen LogP contribution in [0.2, 0.25) is 0 Å². The van der Waals surface area contributed by atoms with E-state index >= 15 is 0 Å². The van der Waals surface area contributed by atoms with Crippen molar-refractivity contribution in [3.05, 3.63) is 41.4 Å². The van der Waals surface area contributed by atoms with Crippen molar-refractivity contribution in [2.45, 2.75) is 32.2 Å². The SMILES string of the molecule is CCN(C(=O)CCc1csc(-c2ccccc2)n1)C1CCS(=O)(=O)C1. The number of amides is 1. The van der Waals surface area contributed by atoms with Gasteiger partial charge in [0.15, 0.2) is 9.84 Å². The predicted molar refractivity (Wildman–Crippen MR) is 100 cm³/mol. The molecule has 0 bridgehead atoms. The first-order chi connectivity index (χ1) is 12.0. The third-order valence-electron chi connectivity index (χ3n) is 4.48. The van der Waals surface area contributed by atoms with E-state index in [-0.39, 0.29) is 23.5 Å². The molecular weight excluding hydrogens is 356 g/mol. The molecule has 1 aromatic carbocycles. The molecule has 1 aliphatic rings. The van der Waals surface area contributed by atoms with Crippen molar-refractivity contribution in [3.63, 3.8) is 0 Å². The van der Waals surface area contributed by atoms with Gasteiger partial charge < -0.3 is 4.90 Å². The highest BCUT2D eigenvalue weighted by atomic mass is 32.2. The Labute approximate surface area is 152 Å². The van der Waals surface area contributed by atoms with E-state index in [1.807, 2.05) is 42.6 Å². The molecular formula is C18H22N2O3S2. The molecule has 1 atom stereocenters. The zero-order valence-electron chi connectivity index (χ0n) is 14.2. The third kappa shape index (κ3) is 4.46. The van der Waals surface area contributed by atoms with Gasteiger partial charge in [-0.1, -0.05) is 30.3 Å². The van der Waals surface area contributed by atoms with Crippen molar-refractivity contribution in [1.82, 2.24) is 9.88 Å². The fourth-order valence-electron chi connectivity index (χ4n) is 3.17. The lowest BCUT2D eigenvalue weighted by Gasteiger charge is -2.26. The fourth-order valence-corrected chi connectivity index (χ4v) is 5.76. The van der Waals surface area contributed by atoms with E-state index in [4.69, 9.17) is 0 Å². The topological polar surface area (TPSA) is 67.3 Å². The van der Waals surface area contributed by atoms with E-state index < -0.39 is 9.84 Å². The number of carbonyl (C=O) groups is 1. The minimum Gasteiger partial charge on any atom is -0.339 e. The van der Waals surface area contributed by atoms with Crippen LogP contribution in [-0.2, 0) is 21.1 Å². The first-order valence-corrected chi connectivity index (χ1v) is 11.2. The normalized spacial score (nSPS) is 19.0. The molecule has 25 heavy (non-hydrogen) atoms. The molecule has 0 radical (unpaired) electrons. The summed E-state index contributed by atoms with van der Waals surface area (Å²) in [6, 6.07) is 9.81. The van der Waals surface area contributed by atoms with Gasteiger partial charge in [0, 0.05) is 30.0 Å².